The van der Waals surface area contributed by atoms with Crippen molar-refractivity contribution in [1.29, 1.82) is 0 Å². The lowest BCUT2D eigenvalue weighted by atomic mass is 10.3. The second kappa shape index (κ2) is 4.61. The van der Waals surface area contributed by atoms with Gasteiger partial charge in [-0.1, -0.05) is 6.07 Å². The molecule has 0 aliphatic heterocycles. The number of hydrogen-bond acceptors (Lipinski definition) is 3. The summed E-state index contributed by atoms with van der Waals surface area (Å²) < 4.78 is 7.38. The first-order chi connectivity index (χ1) is 8.15. The molecule has 0 bridgehead atoms. The van der Waals surface area contributed by atoms with Crippen molar-refractivity contribution in [3.63, 3.8) is 0 Å². The average molecular weight is 231 g/mol. The van der Waals surface area contributed by atoms with Crippen molar-refractivity contribution in [3.8, 4) is 11.5 Å². The summed E-state index contributed by atoms with van der Waals surface area (Å²) in [7, 11) is 1.90. The van der Waals surface area contributed by atoms with Gasteiger partial charge in [0.2, 0.25) is 0 Å². The molecule has 86 valence electrons. The van der Waals surface area contributed by atoms with Gasteiger partial charge < -0.3 is 4.74 Å². The molecule has 17 heavy (non-hydrogen) atoms. The molecule has 0 aliphatic rings. The van der Waals surface area contributed by atoms with Crippen molar-refractivity contribution in [3.05, 3.63) is 58.9 Å². The summed E-state index contributed by atoms with van der Waals surface area (Å²) in [5.41, 5.74) is 0.0176. The van der Waals surface area contributed by atoms with Gasteiger partial charge in [-0.05, 0) is 6.07 Å². The Balaban J connectivity index is 2.21. The van der Waals surface area contributed by atoms with Crippen LogP contribution >= 0.6 is 0 Å². The number of aryl methyl sites for hydroxylation is 1. The molecule has 2 aromatic rings. The fourth-order valence-corrected chi connectivity index (χ4v) is 1.35. The Morgan fingerprint density at radius 2 is 1.88 bits per heavy atom. The molecule has 2 rings (SSSR count). The summed E-state index contributed by atoms with van der Waals surface area (Å²) >= 11 is 0. The van der Waals surface area contributed by atoms with E-state index in [1.807, 2.05) is 24.0 Å². The molecule has 0 radical (unpaired) electrons. The maximum atomic E-state index is 10.6. The van der Waals surface area contributed by atoms with Crippen molar-refractivity contribution in [1.82, 2.24) is 0 Å². The first-order valence-electron chi connectivity index (χ1n) is 5.03. The maximum Gasteiger partial charge on any atom is 0.273 e. The van der Waals surface area contributed by atoms with Gasteiger partial charge in [-0.25, -0.2) is 4.57 Å². The molecular formula is C12H11N2O3+. The van der Waals surface area contributed by atoms with Gasteiger partial charge in [-0.3, -0.25) is 10.1 Å². The number of aromatic nitrogens is 1. The van der Waals surface area contributed by atoms with Crippen molar-refractivity contribution in [2.75, 3.05) is 0 Å². The van der Waals surface area contributed by atoms with Crippen LogP contribution in [0.3, 0.4) is 0 Å². The van der Waals surface area contributed by atoms with Crippen LogP contribution in [0.25, 0.3) is 0 Å². The van der Waals surface area contributed by atoms with Gasteiger partial charge in [-0.15, -0.1) is 0 Å². The van der Waals surface area contributed by atoms with Gasteiger partial charge in [0.15, 0.2) is 12.4 Å². The van der Waals surface area contributed by atoms with Gasteiger partial charge in [0.25, 0.3) is 5.69 Å². The normalized spacial score (nSPS) is 9.94. The van der Waals surface area contributed by atoms with E-state index in [4.69, 9.17) is 4.74 Å². The molecule has 0 aliphatic carbocycles. The lowest BCUT2D eigenvalue weighted by Crippen LogP contribution is -2.25. The van der Waals surface area contributed by atoms with E-state index in [1.54, 1.807) is 24.3 Å². The Bertz CT molecular complexity index is 538. The lowest BCUT2D eigenvalue weighted by Gasteiger charge is -2.03. The average Bonchev–Trinajstić information content (AvgIpc) is 2.32. The van der Waals surface area contributed by atoms with E-state index in [2.05, 4.69) is 0 Å². The van der Waals surface area contributed by atoms with Crippen molar-refractivity contribution >= 4 is 5.69 Å². The third kappa shape index (κ3) is 2.78. The minimum absolute atomic E-state index is 0.0176. The predicted molar refractivity (Wildman–Crippen MR) is 60.8 cm³/mol. The number of non-ortho nitro benzene ring substituents is 1. The van der Waals surface area contributed by atoms with Gasteiger partial charge in [0.1, 0.15) is 18.5 Å². The van der Waals surface area contributed by atoms with Gasteiger partial charge in [-0.2, -0.15) is 0 Å². The number of ether oxygens (including phenoxy) is 1. The van der Waals surface area contributed by atoms with Gasteiger partial charge >= 0.3 is 0 Å². The highest BCUT2D eigenvalue weighted by Crippen LogP contribution is 2.24. The summed E-state index contributed by atoms with van der Waals surface area (Å²) in [6, 6.07) is 9.68. The quantitative estimate of drug-likeness (QED) is 0.462. The van der Waals surface area contributed by atoms with Crippen LogP contribution < -0.4 is 9.30 Å². The molecule has 1 aromatic heterocycles. The Morgan fingerprint density at radius 1 is 1.18 bits per heavy atom. The smallest absolute Gasteiger partial charge is 0.273 e. The summed E-state index contributed by atoms with van der Waals surface area (Å²) in [5, 5.41) is 10.6. The van der Waals surface area contributed by atoms with Crippen molar-refractivity contribution < 1.29 is 14.2 Å². The Morgan fingerprint density at radius 3 is 2.53 bits per heavy atom. The molecule has 1 aromatic carbocycles. The van der Waals surface area contributed by atoms with Crippen LogP contribution in [0, 0.1) is 10.1 Å². The Labute approximate surface area is 98.0 Å². The molecule has 0 unspecified atom stereocenters. The topological polar surface area (TPSA) is 56.2 Å². The number of benzene rings is 1. The molecule has 1 heterocycles. The highest BCUT2D eigenvalue weighted by atomic mass is 16.6. The van der Waals surface area contributed by atoms with E-state index in [9.17, 15) is 10.1 Å². The minimum atomic E-state index is -0.447. The van der Waals surface area contributed by atoms with Crippen molar-refractivity contribution in [2.24, 2.45) is 7.05 Å². The van der Waals surface area contributed by atoms with E-state index in [1.165, 1.54) is 12.1 Å². The third-order valence-electron chi connectivity index (χ3n) is 2.21. The predicted octanol–water partition coefficient (Wildman–Crippen LogP) is 2.21. The van der Waals surface area contributed by atoms with Crippen LogP contribution in [-0.2, 0) is 7.05 Å². The molecule has 0 amide bonds. The largest absolute Gasteiger partial charge is 0.457 e. The number of pyridine rings is 1. The summed E-state index contributed by atoms with van der Waals surface area (Å²) in [6.45, 7) is 0. The van der Waals surface area contributed by atoms with E-state index in [0.29, 0.717) is 11.5 Å². The lowest BCUT2D eigenvalue weighted by molar-refractivity contribution is -0.671. The molecule has 0 spiro atoms. The van der Waals surface area contributed by atoms with E-state index in [-0.39, 0.29) is 5.69 Å². The fourth-order valence-electron chi connectivity index (χ4n) is 1.35. The molecule has 0 saturated heterocycles. The molecule has 0 N–H and O–H groups in total. The van der Waals surface area contributed by atoms with Crippen LogP contribution in [0.1, 0.15) is 0 Å². The number of nitro groups is 1. The zero-order valence-electron chi connectivity index (χ0n) is 9.24. The monoisotopic (exact) mass is 231 g/mol. The number of rotatable bonds is 3. The van der Waals surface area contributed by atoms with E-state index < -0.39 is 4.92 Å². The molecule has 5 heteroatoms. The van der Waals surface area contributed by atoms with Gasteiger partial charge in [0, 0.05) is 18.2 Å². The Hall–Kier alpha value is -2.43. The van der Waals surface area contributed by atoms with Crippen LogP contribution in [0.15, 0.2) is 48.8 Å². The second-order valence-corrected chi connectivity index (χ2v) is 3.56. The molecule has 0 fully saturated rings. The number of nitro benzene ring substituents is 1. The first-order valence-corrected chi connectivity index (χ1v) is 5.03. The first kappa shape index (κ1) is 11.1. The van der Waals surface area contributed by atoms with Crippen LogP contribution in [-0.4, -0.2) is 4.92 Å². The van der Waals surface area contributed by atoms with Gasteiger partial charge in [0.05, 0.1) is 11.0 Å². The van der Waals surface area contributed by atoms with E-state index >= 15 is 0 Å². The highest BCUT2D eigenvalue weighted by Gasteiger charge is 2.07. The summed E-state index contributed by atoms with van der Waals surface area (Å²) in [5.74, 6) is 1.09. The molecule has 5 nitrogen and oxygen atoms in total. The SMILES string of the molecule is C[n+]1ccc(Oc2cccc([N+](=O)[O-])c2)cc1. The summed E-state index contributed by atoms with van der Waals surface area (Å²) in [4.78, 5) is 10.2. The molecule has 0 atom stereocenters. The molecular weight excluding hydrogens is 220 g/mol. The number of nitrogens with zero attached hydrogens (tertiary/aromatic N) is 2. The highest BCUT2D eigenvalue weighted by molar-refractivity contribution is 5.40. The minimum Gasteiger partial charge on any atom is -0.457 e. The third-order valence-corrected chi connectivity index (χ3v) is 2.21. The zero-order valence-corrected chi connectivity index (χ0v) is 9.24. The second-order valence-electron chi connectivity index (χ2n) is 3.56. The Kier molecular flexibility index (Phi) is 3.00. The summed E-state index contributed by atoms with van der Waals surface area (Å²) in [6.07, 6.45) is 3.68. The maximum absolute atomic E-state index is 10.6. The molecule has 0 saturated carbocycles. The standard InChI is InChI=1S/C12H11N2O3/c1-13-7-5-11(6-8-13)17-12-4-2-3-10(9-12)14(15)16/h2-9H,1H3/q+1. The van der Waals surface area contributed by atoms with E-state index in [0.717, 1.165) is 0 Å². The zero-order chi connectivity index (χ0) is 12.3. The fraction of sp³-hybridized carbons (Fsp3) is 0.0833. The van der Waals surface area contributed by atoms with Crippen LogP contribution in [0.2, 0.25) is 0 Å². The van der Waals surface area contributed by atoms with Crippen LogP contribution in [0.5, 0.6) is 11.5 Å². The number of hydrogen-bond donors (Lipinski definition) is 0. The van der Waals surface area contributed by atoms with Crippen LogP contribution in [0.4, 0.5) is 5.69 Å². The van der Waals surface area contributed by atoms with Crippen molar-refractivity contribution in [2.45, 2.75) is 0 Å².